The standard InChI is InChI=1S/C14H24N4/c15-13-12(10-6-4-5-7-10)17-14(18(13)16)11-8-2-1-3-9-11/h10-11H,1-9,15-16H2. The number of hydrogen-bond acceptors (Lipinski definition) is 3. The van der Waals surface area contributed by atoms with Crippen molar-refractivity contribution < 1.29 is 0 Å². The van der Waals surface area contributed by atoms with E-state index in [1.165, 1.54) is 57.8 Å². The molecule has 0 saturated heterocycles. The molecule has 4 heteroatoms. The highest BCUT2D eigenvalue weighted by atomic mass is 15.4. The molecule has 2 aliphatic carbocycles. The average Bonchev–Trinajstić information content (AvgIpc) is 3.01. The molecule has 1 aromatic heterocycles. The molecular formula is C14H24N4. The summed E-state index contributed by atoms with van der Waals surface area (Å²) in [5.41, 5.74) is 7.24. The van der Waals surface area contributed by atoms with E-state index in [9.17, 15) is 0 Å². The maximum atomic E-state index is 6.17. The first-order valence-corrected chi connectivity index (χ1v) is 7.40. The van der Waals surface area contributed by atoms with Crippen molar-refractivity contribution in [3.05, 3.63) is 11.5 Å². The number of nitrogens with zero attached hydrogens (tertiary/aromatic N) is 2. The van der Waals surface area contributed by atoms with Crippen LogP contribution in [-0.2, 0) is 0 Å². The Hall–Kier alpha value is -1.19. The van der Waals surface area contributed by atoms with Gasteiger partial charge in [0, 0.05) is 11.8 Å². The fraction of sp³-hybridized carbons (Fsp3) is 0.786. The van der Waals surface area contributed by atoms with Crippen molar-refractivity contribution in [3.63, 3.8) is 0 Å². The lowest BCUT2D eigenvalue weighted by atomic mass is 9.89. The van der Waals surface area contributed by atoms with Gasteiger partial charge < -0.3 is 11.6 Å². The summed E-state index contributed by atoms with van der Waals surface area (Å²) in [4.78, 5) is 4.83. The molecule has 3 rings (SSSR count). The second-order valence-electron chi connectivity index (χ2n) is 5.93. The molecule has 0 spiro atoms. The topological polar surface area (TPSA) is 69.9 Å². The molecular weight excluding hydrogens is 224 g/mol. The SMILES string of the molecule is Nc1c(C2CCCC2)nc(C2CCCCC2)n1N. The Kier molecular flexibility index (Phi) is 3.18. The quantitative estimate of drug-likeness (QED) is 0.791. The summed E-state index contributed by atoms with van der Waals surface area (Å²) < 4.78 is 1.67. The minimum absolute atomic E-state index is 0.529. The minimum Gasteiger partial charge on any atom is -0.382 e. The predicted octanol–water partition coefficient (Wildman–Crippen LogP) is 2.88. The van der Waals surface area contributed by atoms with E-state index in [-0.39, 0.29) is 0 Å². The molecule has 18 heavy (non-hydrogen) atoms. The largest absolute Gasteiger partial charge is 0.382 e. The first-order chi connectivity index (χ1) is 8.77. The molecule has 4 nitrogen and oxygen atoms in total. The first kappa shape index (κ1) is 11.9. The van der Waals surface area contributed by atoms with Crippen LogP contribution in [0.2, 0.25) is 0 Å². The van der Waals surface area contributed by atoms with Crippen LogP contribution in [0.15, 0.2) is 0 Å². The number of rotatable bonds is 2. The van der Waals surface area contributed by atoms with Crippen molar-refractivity contribution in [1.82, 2.24) is 9.66 Å². The van der Waals surface area contributed by atoms with Gasteiger partial charge in [0.25, 0.3) is 0 Å². The highest BCUT2D eigenvalue weighted by molar-refractivity contribution is 5.41. The van der Waals surface area contributed by atoms with Crippen LogP contribution in [0, 0.1) is 0 Å². The highest BCUT2D eigenvalue weighted by Gasteiger charge is 2.28. The Morgan fingerprint density at radius 3 is 2.11 bits per heavy atom. The molecule has 0 radical (unpaired) electrons. The van der Waals surface area contributed by atoms with Crippen molar-refractivity contribution in [3.8, 4) is 0 Å². The molecule has 2 saturated carbocycles. The van der Waals surface area contributed by atoms with Crippen LogP contribution in [0.5, 0.6) is 0 Å². The van der Waals surface area contributed by atoms with Crippen molar-refractivity contribution >= 4 is 5.82 Å². The zero-order chi connectivity index (χ0) is 12.5. The Morgan fingerprint density at radius 2 is 1.44 bits per heavy atom. The van der Waals surface area contributed by atoms with Crippen molar-refractivity contribution in [1.29, 1.82) is 0 Å². The minimum atomic E-state index is 0.529. The number of nitrogens with two attached hydrogens (primary N) is 2. The van der Waals surface area contributed by atoms with E-state index in [0.717, 1.165) is 11.5 Å². The smallest absolute Gasteiger partial charge is 0.146 e. The van der Waals surface area contributed by atoms with Gasteiger partial charge in [-0.1, -0.05) is 32.1 Å². The van der Waals surface area contributed by atoms with Crippen LogP contribution in [0.25, 0.3) is 0 Å². The second-order valence-corrected chi connectivity index (χ2v) is 5.93. The molecule has 0 aliphatic heterocycles. The normalized spacial score (nSPS) is 22.7. The van der Waals surface area contributed by atoms with Crippen molar-refractivity contribution in [2.45, 2.75) is 69.6 Å². The van der Waals surface area contributed by atoms with E-state index in [0.29, 0.717) is 17.7 Å². The molecule has 1 heterocycles. The third kappa shape index (κ3) is 1.98. The van der Waals surface area contributed by atoms with Gasteiger partial charge in [0.1, 0.15) is 11.6 Å². The molecule has 0 bridgehead atoms. The van der Waals surface area contributed by atoms with E-state index in [1.54, 1.807) is 4.68 Å². The van der Waals surface area contributed by atoms with Crippen LogP contribution >= 0.6 is 0 Å². The van der Waals surface area contributed by atoms with E-state index >= 15 is 0 Å². The Morgan fingerprint density at radius 1 is 0.889 bits per heavy atom. The summed E-state index contributed by atoms with van der Waals surface area (Å²) in [6, 6.07) is 0. The monoisotopic (exact) mass is 248 g/mol. The first-order valence-electron chi connectivity index (χ1n) is 7.40. The van der Waals surface area contributed by atoms with E-state index < -0.39 is 0 Å². The van der Waals surface area contributed by atoms with Crippen LogP contribution in [0.1, 0.15) is 81.1 Å². The summed E-state index contributed by atoms with van der Waals surface area (Å²) in [6.07, 6.45) is 11.5. The van der Waals surface area contributed by atoms with Gasteiger partial charge in [-0.3, -0.25) is 0 Å². The molecule has 1 aromatic rings. The zero-order valence-corrected chi connectivity index (χ0v) is 11.1. The highest BCUT2D eigenvalue weighted by Crippen LogP contribution is 2.39. The van der Waals surface area contributed by atoms with Crippen LogP contribution in [0.3, 0.4) is 0 Å². The van der Waals surface area contributed by atoms with Gasteiger partial charge in [-0.25, -0.2) is 9.66 Å². The molecule has 0 amide bonds. The molecule has 100 valence electrons. The lowest BCUT2D eigenvalue weighted by molar-refractivity contribution is 0.423. The van der Waals surface area contributed by atoms with Crippen molar-refractivity contribution in [2.24, 2.45) is 0 Å². The molecule has 4 N–H and O–H groups in total. The molecule has 0 aromatic carbocycles. The maximum Gasteiger partial charge on any atom is 0.146 e. The van der Waals surface area contributed by atoms with Crippen LogP contribution < -0.4 is 11.6 Å². The van der Waals surface area contributed by atoms with Gasteiger partial charge in [-0.05, 0) is 25.7 Å². The van der Waals surface area contributed by atoms with Crippen LogP contribution in [-0.4, -0.2) is 9.66 Å². The summed E-state index contributed by atoms with van der Waals surface area (Å²) >= 11 is 0. The average molecular weight is 248 g/mol. The van der Waals surface area contributed by atoms with E-state index in [1.807, 2.05) is 0 Å². The second kappa shape index (κ2) is 4.82. The summed E-state index contributed by atoms with van der Waals surface area (Å²) in [7, 11) is 0. The number of anilines is 1. The number of hydrogen-bond donors (Lipinski definition) is 2. The van der Waals surface area contributed by atoms with Gasteiger partial charge in [0.15, 0.2) is 0 Å². The van der Waals surface area contributed by atoms with Crippen molar-refractivity contribution in [2.75, 3.05) is 11.6 Å². The molecule has 2 aliphatic rings. The Balaban J connectivity index is 1.88. The van der Waals surface area contributed by atoms with Gasteiger partial charge in [0.2, 0.25) is 0 Å². The molecule has 0 unspecified atom stereocenters. The lowest BCUT2D eigenvalue weighted by Crippen LogP contribution is -2.19. The number of imidazole rings is 1. The molecule has 0 atom stereocenters. The van der Waals surface area contributed by atoms with Crippen LogP contribution in [0.4, 0.5) is 5.82 Å². The third-order valence-corrected chi connectivity index (χ3v) is 4.72. The summed E-state index contributed by atoms with van der Waals surface area (Å²) in [5, 5.41) is 0. The van der Waals surface area contributed by atoms with Gasteiger partial charge in [0.05, 0.1) is 5.69 Å². The zero-order valence-electron chi connectivity index (χ0n) is 11.1. The Labute approximate surface area is 109 Å². The summed E-state index contributed by atoms with van der Waals surface area (Å²) in [5.74, 6) is 8.96. The van der Waals surface area contributed by atoms with Gasteiger partial charge in [-0.15, -0.1) is 0 Å². The van der Waals surface area contributed by atoms with E-state index in [4.69, 9.17) is 16.6 Å². The maximum absolute atomic E-state index is 6.17. The lowest BCUT2D eigenvalue weighted by Gasteiger charge is -2.20. The third-order valence-electron chi connectivity index (χ3n) is 4.72. The number of aromatic nitrogens is 2. The Bertz CT molecular complexity index is 412. The predicted molar refractivity (Wildman–Crippen MR) is 73.8 cm³/mol. The fourth-order valence-corrected chi connectivity index (χ4v) is 3.63. The number of nitrogen functional groups attached to an aromatic ring is 2. The summed E-state index contributed by atoms with van der Waals surface area (Å²) in [6.45, 7) is 0. The van der Waals surface area contributed by atoms with E-state index in [2.05, 4.69) is 0 Å². The molecule has 2 fully saturated rings. The fourth-order valence-electron chi connectivity index (χ4n) is 3.63. The van der Waals surface area contributed by atoms with Gasteiger partial charge in [-0.2, -0.15) is 0 Å². The van der Waals surface area contributed by atoms with Gasteiger partial charge >= 0.3 is 0 Å².